The zero-order valence-electron chi connectivity index (χ0n) is 63.7. The van der Waals surface area contributed by atoms with E-state index in [1.165, 1.54) is 120 Å². The Morgan fingerprint density at radius 2 is 0.404 bits per heavy atom. The van der Waals surface area contributed by atoms with Crippen LogP contribution in [0.2, 0.25) is 0 Å². The van der Waals surface area contributed by atoms with Crippen molar-refractivity contribution in [2.24, 2.45) is 200 Å². The van der Waals surface area contributed by atoms with Gasteiger partial charge in [0.05, 0.1) is 0 Å². The predicted molar refractivity (Wildman–Crippen MR) is 423 cm³/mol. The molecule has 0 saturated heterocycles. The van der Waals surface area contributed by atoms with E-state index < -0.39 is 0 Å². The first kappa shape index (κ1) is 77.6. The fourth-order valence-corrected chi connectivity index (χ4v) is 28.3. The van der Waals surface area contributed by atoms with Crippen molar-refractivity contribution in [3.05, 3.63) is 140 Å². The lowest BCUT2D eigenvalue weighted by Gasteiger charge is -2.40. The molecule has 99 heavy (non-hydrogen) atoms. The van der Waals surface area contributed by atoms with E-state index in [2.05, 4.69) is 104 Å². The Labute approximate surface area is 609 Å². The molecule has 16 fully saturated rings. The summed E-state index contributed by atoms with van der Waals surface area (Å²) >= 11 is 0. The van der Waals surface area contributed by atoms with E-state index in [-0.39, 0.29) is 14.9 Å². The van der Waals surface area contributed by atoms with Crippen molar-refractivity contribution in [2.45, 2.75) is 240 Å². The van der Waals surface area contributed by atoms with E-state index >= 15 is 0 Å². The Kier molecular flexibility index (Phi) is 26.2. The summed E-state index contributed by atoms with van der Waals surface area (Å²) < 4.78 is 0. The van der Waals surface area contributed by atoms with Crippen LogP contribution in [0.1, 0.15) is 240 Å². The van der Waals surface area contributed by atoms with Crippen LogP contribution >= 0.6 is 0 Å². The predicted octanol–water partition coefficient (Wildman–Crippen LogP) is 26.6. The second-order valence-electron chi connectivity index (χ2n) is 37.8. The first-order valence-corrected chi connectivity index (χ1v) is 41.8. The lowest BCUT2D eigenvalue weighted by atomic mass is 9.64. The Bertz CT molecular complexity index is 2650. The van der Waals surface area contributed by atoms with Crippen molar-refractivity contribution in [2.75, 3.05) is 0 Å². The average Bonchev–Trinajstić information content (AvgIpc) is 1.57. The number of fused-ring (bicyclic) bond motifs is 48. The van der Waals surface area contributed by atoms with Gasteiger partial charge in [0.15, 0.2) is 0 Å². The molecule has 23 rings (SSSR count). The van der Waals surface area contributed by atoms with Gasteiger partial charge in [-0.1, -0.05) is 215 Å². The van der Waals surface area contributed by atoms with Crippen LogP contribution in [0.25, 0.3) is 0 Å². The summed E-state index contributed by atoms with van der Waals surface area (Å²) in [6, 6.07) is 26.1. The van der Waals surface area contributed by atoms with E-state index in [0.29, 0.717) is 28.1 Å². The lowest BCUT2D eigenvalue weighted by Crippen LogP contribution is -2.36. The van der Waals surface area contributed by atoms with E-state index in [9.17, 15) is 0 Å². The highest BCUT2D eigenvalue weighted by Crippen LogP contribution is 2.76. The Hall–Kier alpha value is -3.98. The number of benzene rings is 3. The van der Waals surface area contributed by atoms with Gasteiger partial charge in [-0.3, -0.25) is 0 Å². The maximum atomic E-state index is 8.63. The van der Waals surface area contributed by atoms with Gasteiger partial charge in [0, 0.05) is 0 Å². The third-order valence-corrected chi connectivity index (χ3v) is 29.8. The molecule has 3 nitrogen and oxygen atoms in total. The molecule has 32 atom stereocenters. The summed E-state index contributed by atoms with van der Waals surface area (Å²) in [5.41, 5.74) is 1.00. The van der Waals surface area contributed by atoms with Crippen LogP contribution in [0.5, 0.6) is 17.2 Å². The molecule has 20 aliphatic rings. The minimum atomic E-state index is 0. The van der Waals surface area contributed by atoms with Crippen LogP contribution < -0.4 is 0 Å². The molecule has 550 valence electrons. The molecule has 0 heterocycles. The normalized spacial score (nSPS) is 44.3. The summed E-state index contributed by atoms with van der Waals surface area (Å²) in [5.74, 6) is 37.7. The van der Waals surface area contributed by atoms with Gasteiger partial charge in [0.2, 0.25) is 0 Å². The highest BCUT2D eigenvalue weighted by Gasteiger charge is 2.69. The van der Waals surface area contributed by atoms with E-state index in [1.807, 2.05) is 59.7 Å². The second-order valence-corrected chi connectivity index (χ2v) is 37.8. The van der Waals surface area contributed by atoms with Gasteiger partial charge in [-0.2, -0.15) is 0 Å². The van der Waals surface area contributed by atoms with Crippen molar-refractivity contribution < 1.29 is 15.3 Å². The van der Waals surface area contributed by atoms with Crippen LogP contribution in [0.15, 0.2) is 140 Å². The molecular weight excluding hydrogens is 1200 g/mol. The van der Waals surface area contributed by atoms with E-state index in [0.717, 1.165) is 94.7 Å². The molecule has 0 aliphatic heterocycles. The first-order valence-electron chi connectivity index (χ1n) is 41.8. The molecule has 0 aromatic heterocycles. The zero-order chi connectivity index (χ0) is 68.6. The van der Waals surface area contributed by atoms with Gasteiger partial charge in [-0.05, 0) is 365 Å². The highest BCUT2D eigenvalue weighted by molar-refractivity contribution is 5.26. The van der Waals surface area contributed by atoms with Crippen molar-refractivity contribution in [1.82, 2.24) is 0 Å². The maximum Gasteiger partial charge on any atom is 0.115 e. The number of rotatable bonds is 0. The fourth-order valence-electron chi connectivity index (χ4n) is 28.3. The SMILES string of the molecule is C.C.C1=CC2C(C1)C1CC2C2C3CCC(C3)C12.C1=CC2C(C1)C1CC2C2C3CCC(C3)C12.C1=CC2C(C1)C1CC2C2C3CCC(C3)C12.C1=CC2C(C1)C1CC2C2C3CCC(C3)C12.CC.CC.CC.CC(C)(C)C.CC(C)(C)C.Oc1ccccc1.Oc1ccccc1.Oc1ccccc1. The molecule has 3 aromatic rings. The number of allylic oxidation sites excluding steroid dienone is 8. The van der Waals surface area contributed by atoms with E-state index in [1.54, 1.807) is 176 Å². The van der Waals surface area contributed by atoms with Gasteiger partial charge in [0.1, 0.15) is 17.2 Å². The van der Waals surface area contributed by atoms with Crippen LogP contribution in [-0.2, 0) is 0 Å². The van der Waals surface area contributed by atoms with Gasteiger partial charge >= 0.3 is 0 Å². The van der Waals surface area contributed by atoms with Crippen LogP contribution in [0.4, 0.5) is 0 Å². The molecule has 20 aliphatic carbocycles. The maximum absolute atomic E-state index is 8.63. The van der Waals surface area contributed by atoms with Crippen LogP contribution in [0.3, 0.4) is 0 Å². The largest absolute Gasteiger partial charge is 0.508 e. The van der Waals surface area contributed by atoms with Crippen molar-refractivity contribution in [1.29, 1.82) is 0 Å². The van der Waals surface area contributed by atoms with Gasteiger partial charge < -0.3 is 15.3 Å². The quantitative estimate of drug-likeness (QED) is 0.155. The fraction of sp³-hybridized carbons (Fsp3) is 0.729. The molecule has 3 heteroatoms. The molecule has 16 saturated carbocycles. The molecule has 3 aromatic carbocycles. The van der Waals surface area contributed by atoms with Gasteiger partial charge in [0.25, 0.3) is 0 Å². The summed E-state index contributed by atoms with van der Waals surface area (Å²) in [6.45, 7) is 29.5. The standard InChI is InChI=1S/4C15H20.3C6H6O.2C5H12.3C2H6.2CH4/c4*1-2-10-11(3-1)13-7-12(10)14-8-4-5-9(6-8)15(13)14;3*7-6-4-2-1-3-5-6;2*1-5(2,3)4;3*1-2;;/h4*1-2,8-15H,3-7H2;3*1-5,7H;2*1-4H3;3*1-2H3;2*1H4. The molecule has 0 radical (unpaired) electrons. The van der Waals surface area contributed by atoms with E-state index in [4.69, 9.17) is 15.3 Å². The van der Waals surface area contributed by atoms with Crippen LogP contribution in [-0.4, -0.2) is 15.3 Å². The average molecular weight is 1350 g/mol. The molecule has 32 unspecified atom stereocenters. The third-order valence-electron chi connectivity index (χ3n) is 29.8. The number of para-hydroxylation sites is 3. The third kappa shape index (κ3) is 15.9. The molecule has 3 N–H and O–H groups in total. The summed E-state index contributed by atoms with van der Waals surface area (Å²) in [4.78, 5) is 0. The monoisotopic (exact) mass is 1350 g/mol. The highest BCUT2D eigenvalue weighted by atomic mass is 16.3. The zero-order valence-corrected chi connectivity index (χ0v) is 63.7. The van der Waals surface area contributed by atoms with Gasteiger partial charge in [-0.25, -0.2) is 0 Å². The molecular formula is C96H148O3. The smallest absolute Gasteiger partial charge is 0.115 e. The Morgan fingerprint density at radius 1 is 0.242 bits per heavy atom. The van der Waals surface area contributed by atoms with Gasteiger partial charge in [-0.15, -0.1) is 0 Å². The number of aromatic hydroxyl groups is 3. The Balaban J connectivity index is 0.000000123. The molecule has 0 spiro atoms. The minimum absolute atomic E-state index is 0. The summed E-state index contributed by atoms with van der Waals surface area (Å²) in [7, 11) is 0. The van der Waals surface area contributed by atoms with Crippen molar-refractivity contribution in [3.8, 4) is 17.2 Å². The van der Waals surface area contributed by atoms with Crippen molar-refractivity contribution in [3.63, 3.8) is 0 Å². The van der Waals surface area contributed by atoms with Crippen molar-refractivity contribution >= 4 is 0 Å². The minimum Gasteiger partial charge on any atom is -0.508 e. The molecule has 16 bridgehead atoms. The summed E-state index contributed by atoms with van der Waals surface area (Å²) in [6.07, 6.45) is 51.9. The topological polar surface area (TPSA) is 60.7 Å². The number of phenols is 3. The molecule has 0 amide bonds. The number of hydrogen-bond donors (Lipinski definition) is 3. The Morgan fingerprint density at radius 3 is 0.556 bits per heavy atom. The van der Waals surface area contributed by atoms with Crippen LogP contribution in [0, 0.1) is 200 Å². The first-order chi connectivity index (χ1) is 46.9. The number of hydrogen-bond acceptors (Lipinski definition) is 3. The lowest BCUT2D eigenvalue weighted by molar-refractivity contribution is 0.0823. The summed E-state index contributed by atoms with van der Waals surface area (Å²) in [5, 5.41) is 25.9. The number of phenolic OH excluding ortho intramolecular Hbond substituents is 3. The second kappa shape index (κ2) is 33.4.